The number of carbonyl (C=O) groups is 5. The predicted octanol–water partition coefficient (Wildman–Crippen LogP) is 7.65. The summed E-state index contributed by atoms with van der Waals surface area (Å²) < 4.78 is 10.6. The van der Waals surface area contributed by atoms with Crippen LogP contribution in [-0.4, -0.2) is 36.1 Å². The fraction of sp³-hybridized carbons (Fsp3) is 0.125. The number of amides is 2. The number of hydrogen-bond donors (Lipinski definition) is 0. The highest BCUT2D eigenvalue weighted by Gasteiger charge is 2.61. The molecular formula is C40H25Cl2NO7. The lowest BCUT2D eigenvalue weighted by molar-refractivity contribution is -0.122. The van der Waals surface area contributed by atoms with Crippen LogP contribution >= 0.6 is 23.2 Å². The zero-order chi connectivity index (χ0) is 34.7. The molecule has 10 heteroatoms. The molecule has 5 aromatic rings. The van der Waals surface area contributed by atoms with E-state index in [1.807, 2.05) is 24.3 Å². The van der Waals surface area contributed by atoms with Gasteiger partial charge >= 0.3 is 11.9 Å². The van der Waals surface area contributed by atoms with E-state index in [0.717, 1.165) is 22.3 Å². The second kappa shape index (κ2) is 12.4. The fourth-order valence-corrected chi connectivity index (χ4v) is 7.77. The largest absolute Gasteiger partial charge is 0.454 e. The van der Waals surface area contributed by atoms with Crippen molar-refractivity contribution in [2.45, 2.75) is 11.8 Å². The summed E-state index contributed by atoms with van der Waals surface area (Å²) in [4.78, 5) is 67.3. The van der Waals surface area contributed by atoms with Gasteiger partial charge in [-0.15, -0.1) is 0 Å². The number of ketones is 1. The fourth-order valence-electron chi connectivity index (χ4n) is 7.47. The van der Waals surface area contributed by atoms with E-state index in [2.05, 4.69) is 24.3 Å². The van der Waals surface area contributed by atoms with E-state index in [-0.39, 0.29) is 51.1 Å². The molecule has 8 nitrogen and oxygen atoms in total. The SMILES string of the molecule is O=C(COC(=O)c1ccc(N2C(=O)C3C4c5ccccc5C(c5ccccc54)C3C2=O)cc1)c1ccc(OC(=O)c2ccc(Cl)c(Cl)c2)cc1. The zero-order valence-electron chi connectivity index (χ0n) is 26.0. The second-order valence-corrected chi connectivity index (χ2v) is 13.2. The van der Waals surface area contributed by atoms with Crippen molar-refractivity contribution in [3.8, 4) is 5.75 Å². The van der Waals surface area contributed by atoms with E-state index < -0.39 is 36.2 Å². The highest BCUT2D eigenvalue weighted by molar-refractivity contribution is 6.42. The number of ether oxygens (including phenoxy) is 2. The lowest BCUT2D eigenvalue weighted by Gasteiger charge is -2.45. The average molecular weight is 703 g/mol. The summed E-state index contributed by atoms with van der Waals surface area (Å²) in [5.74, 6) is -3.64. The van der Waals surface area contributed by atoms with Gasteiger partial charge in [0.1, 0.15) is 5.75 Å². The minimum Gasteiger partial charge on any atom is -0.454 e. The molecule has 4 aliphatic rings. The van der Waals surface area contributed by atoms with Gasteiger partial charge in [0.2, 0.25) is 11.8 Å². The number of hydrogen-bond acceptors (Lipinski definition) is 7. The Morgan fingerprint density at radius 1 is 0.580 bits per heavy atom. The minimum atomic E-state index is -0.742. The van der Waals surface area contributed by atoms with Crippen LogP contribution < -0.4 is 9.64 Å². The van der Waals surface area contributed by atoms with E-state index >= 15 is 0 Å². The van der Waals surface area contributed by atoms with Gasteiger partial charge in [0, 0.05) is 17.4 Å². The molecule has 9 rings (SSSR count). The molecule has 0 radical (unpaired) electrons. The maximum absolute atomic E-state index is 14.0. The first-order chi connectivity index (χ1) is 24.2. The summed E-state index contributed by atoms with van der Waals surface area (Å²) in [7, 11) is 0. The van der Waals surface area contributed by atoms with Crippen molar-refractivity contribution in [2.75, 3.05) is 11.5 Å². The van der Waals surface area contributed by atoms with Crippen LogP contribution in [0.15, 0.2) is 115 Å². The molecule has 3 aliphatic carbocycles. The highest BCUT2D eigenvalue weighted by atomic mass is 35.5. The van der Waals surface area contributed by atoms with E-state index in [1.54, 1.807) is 12.1 Å². The molecule has 0 N–H and O–H groups in total. The van der Waals surface area contributed by atoms with Crippen molar-refractivity contribution >= 4 is 58.4 Å². The number of esters is 2. The minimum absolute atomic E-state index is 0.155. The molecule has 2 atom stereocenters. The maximum Gasteiger partial charge on any atom is 0.343 e. The van der Waals surface area contributed by atoms with Crippen LogP contribution in [0.25, 0.3) is 0 Å². The normalized spacial score (nSPS) is 19.8. The van der Waals surface area contributed by atoms with Crippen molar-refractivity contribution in [2.24, 2.45) is 11.8 Å². The quantitative estimate of drug-likeness (QED) is 0.0743. The summed E-state index contributed by atoms with van der Waals surface area (Å²) in [5, 5.41) is 0.521. The van der Waals surface area contributed by atoms with E-state index in [0.29, 0.717) is 10.7 Å². The van der Waals surface area contributed by atoms with E-state index in [9.17, 15) is 24.0 Å². The molecule has 2 bridgehead atoms. The third-order valence-corrected chi connectivity index (χ3v) is 10.4. The van der Waals surface area contributed by atoms with Crippen molar-refractivity contribution in [1.29, 1.82) is 0 Å². The zero-order valence-corrected chi connectivity index (χ0v) is 27.6. The molecule has 0 aromatic heterocycles. The molecule has 1 heterocycles. The molecule has 0 spiro atoms. The van der Waals surface area contributed by atoms with E-state index in [4.69, 9.17) is 32.7 Å². The Morgan fingerprint density at radius 2 is 1.08 bits per heavy atom. The van der Waals surface area contributed by atoms with Crippen molar-refractivity contribution < 1.29 is 33.4 Å². The molecule has 2 amide bonds. The molecule has 1 aliphatic heterocycles. The topological polar surface area (TPSA) is 107 Å². The first-order valence-electron chi connectivity index (χ1n) is 15.8. The van der Waals surface area contributed by atoms with Crippen LogP contribution in [0.4, 0.5) is 5.69 Å². The molecule has 246 valence electrons. The van der Waals surface area contributed by atoms with Crippen LogP contribution in [0.5, 0.6) is 5.75 Å². The third-order valence-electron chi connectivity index (χ3n) is 9.69. The van der Waals surface area contributed by atoms with Crippen molar-refractivity contribution in [3.05, 3.63) is 164 Å². The van der Waals surface area contributed by atoms with Gasteiger partial charge in [0.25, 0.3) is 0 Å². The number of halogens is 2. The van der Waals surface area contributed by atoms with Crippen LogP contribution in [0.1, 0.15) is 65.2 Å². The summed E-state index contributed by atoms with van der Waals surface area (Å²) >= 11 is 11.9. The molecule has 5 aromatic carbocycles. The van der Waals surface area contributed by atoms with Gasteiger partial charge in [-0.05, 0) is 89.0 Å². The molecule has 50 heavy (non-hydrogen) atoms. The first-order valence-corrected chi connectivity index (χ1v) is 16.6. The number of carbonyl (C=O) groups excluding carboxylic acids is 5. The third kappa shape index (κ3) is 5.19. The van der Waals surface area contributed by atoms with Crippen LogP contribution in [-0.2, 0) is 14.3 Å². The molecular weight excluding hydrogens is 677 g/mol. The number of benzene rings is 5. The molecule has 2 unspecified atom stereocenters. The van der Waals surface area contributed by atoms with Crippen molar-refractivity contribution in [3.63, 3.8) is 0 Å². The number of nitrogens with zero attached hydrogens (tertiary/aromatic N) is 1. The van der Waals surface area contributed by atoms with E-state index in [1.165, 1.54) is 59.5 Å². The Kier molecular flexibility index (Phi) is 7.85. The maximum atomic E-state index is 14.0. The van der Waals surface area contributed by atoms with Gasteiger partial charge in [-0.2, -0.15) is 0 Å². The number of imide groups is 1. The lowest BCUT2D eigenvalue weighted by Crippen LogP contribution is -2.41. The standard InChI is InChI=1S/C40H25Cl2NO7/c41-30-18-13-23(19-31(30)42)40(48)50-25-16-11-21(12-17-25)32(44)20-49-39(47)22-9-14-24(15-10-22)43-37(45)35-33-26-5-1-2-6-27(26)34(36(35)38(43)46)29-8-4-3-7-28(29)33/h1-19,33-36H,20H2. The predicted molar refractivity (Wildman–Crippen MR) is 185 cm³/mol. The summed E-state index contributed by atoms with van der Waals surface area (Å²) in [6.07, 6.45) is 0. The number of rotatable bonds is 7. The smallest absolute Gasteiger partial charge is 0.343 e. The highest BCUT2D eigenvalue weighted by Crippen LogP contribution is 2.61. The molecule has 1 saturated heterocycles. The van der Waals surface area contributed by atoms with Gasteiger partial charge in [-0.25, -0.2) is 14.5 Å². The van der Waals surface area contributed by atoms with Gasteiger partial charge in [0.05, 0.1) is 38.7 Å². The second-order valence-electron chi connectivity index (χ2n) is 12.4. The molecule has 1 fully saturated rings. The lowest BCUT2D eigenvalue weighted by atomic mass is 9.55. The monoisotopic (exact) mass is 701 g/mol. The Hall–Kier alpha value is -5.57. The molecule has 0 saturated carbocycles. The first kappa shape index (κ1) is 31.7. The van der Waals surface area contributed by atoms with Crippen LogP contribution in [0.2, 0.25) is 10.0 Å². The van der Waals surface area contributed by atoms with Gasteiger partial charge in [-0.3, -0.25) is 14.4 Å². The Labute approximate surface area is 296 Å². The van der Waals surface area contributed by atoms with Gasteiger partial charge in [0.15, 0.2) is 12.4 Å². The Bertz CT molecular complexity index is 2130. The van der Waals surface area contributed by atoms with Crippen molar-refractivity contribution in [1.82, 2.24) is 0 Å². The Balaban J connectivity index is 0.920. The van der Waals surface area contributed by atoms with Gasteiger partial charge in [-0.1, -0.05) is 71.7 Å². The average Bonchev–Trinajstić information content (AvgIpc) is 3.41. The van der Waals surface area contributed by atoms with Gasteiger partial charge < -0.3 is 9.47 Å². The number of Topliss-reactive ketones (excluding diaryl/α,β-unsaturated/α-hetero) is 1. The summed E-state index contributed by atoms with van der Waals surface area (Å²) in [5.41, 5.74) is 5.34. The summed E-state index contributed by atoms with van der Waals surface area (Å²) in [6, 6.07) is 32.3. The van der Waals surface area contributed by atoms with Crippen LogP contribution in [0.3, 0.4) is 0 Å². The number of anilines is 1. The Morgan fingerprint density at radius 3 is 1.60 bits per heavy atom. The van der Waals surface area contributed by atoms with Crippen LogP contribution in [0, 0.1) is 11.8 Å². The summed E-state index contributed by atoms with van der Waals surface area (Å²) in [6.45, 7) is -0.528.